The number of carbonyl (C=O) groups excluding carboxylic acids is 3. The van der Waals surface area contributed by atoms with Crippen LogP contribution in [0, 0.1) is 5.82 Å². The molecule has 0 spiro atoms. The fraction of sp³-hybridized carbons (Fsp3) is 0.105. The molecule has 0 saturated heterocycles. The second-order valence-corrected chi connectivity index (χ2v) is 6.30. The molecule has 0 bridgehead atoms. The first kappa shape index (κ1) is 20.3. The smallest absolute Gasteiger partial charge is 0.331 e. The molecule has 0 fully saturated rings. The summed E-state index contributed by atoms with van der Waals surface area (Å²) >= 11 is 3.20. The van der Waals surface area contributed by atoms with Gasteiger partial charge in [0.05, 0.1) is 0 Å². The molecule has 140 valence electrons. The predicted molar refractivity (Wildman–Crippen MR) is 102 cm³/mol. The standard InChI is InChI=1S/C19H16BrFN2O4/c1-12(18(25)23-19(26)22-15-5-3-2-4-6-15)27-17(24)10-7-13-11-14(20)8-9-16(13)21/h2-12H,1H3,(H2,22,23,25,26)/b10-7+. The van der Waals surface area contributed by atoms with Crippen LogP contribution in [0.1, 0.15) is 12.5 Å². The van der Waals surface area contributed by atoms with Gasteiger partial charge in [0.1, 0.15) is 5.82 Å². The van der Waals surface area contributed by atoms with Gasteiger partial charge in [-0.2, -0.15) is 0 Å². The van der Waals surface area contributed by atoms with Crippen molar-refractivity contribution in [2.24, 2.45) is 0 Å². The van der Waals surface area contributed by atoms with Crippen LogP contribution in [0.15, 0.2) is 59.1 Å². The molecule has 2 N–H and O–H groups in total. The van der Waals surface area contributed by atoms with Crippen molar-refractivity contribution in [3.63, 3.8) is 0 Å². The van der Waals surface area contributed by atoms with Crippen molar-refractivity contribution in [3.8, 4) is 0 Å². The van der Waals surface area contributed by atoms with Crippen LogP contribution >= 0.6 is 15.9 Å². The number of para-hydroxylation sites is 1. The molecule has 6 nitrogen and oxygen atoms in total. The molecule has 2 aromatic rings. The Morgan fingerprint density at radius 1 is 1.15 bits per heavy atom. The molecule has 2 aromatic carbocycles. The van der Waals surface area contributed by atoms with Gasteiger partial charge in [-0.05, 0) is 43.3 Å². The summed E-state index contributed by atoms with van der Waals surface area (Å²) in [6, 6.07) is 12.0. The van der Waals surface area contributed by atoms with Gasteiger partial charge in [0, 0.05) is 21.8 Å². The number of benzene rings is 2. The molecule has 27 heavy (non-hydrogen) atoms. The monoisotopic (exact) mass is 434 g/mol. The molecule has 1 unspecified atom stereocenters. The number of anilines is 1. The summed E-state index contributed by atoms with van der Waals surface area (Å²) < 4.78 is 19.2. The molecule has 0 saturated carbocycles. The molecular weight excluding hydrogens is 419 g/mol. The molecular formula is C19H16BrFN2O4. The van der Waals surface area contributed by atoms with E-state index in [1.54, 1.807) is 30.3 Å². The normalized spacial score (nSPS) is 11.7. The summed E-state index contributed by atoms with van der Waals surface area (Å²) in [5.41, 5.74) is 0.687. The fourth-order valence-electron chi connectivity index (χ4n) is 1.96. The zero-order chi connectivity index (χ0) is 19.8. The summed E-state index contributed by atoms with van der Waals surface area (Å²) in [5.74, 6) is -2.15. The topological polar surface area (TPSA) is 84.5 Å². The first-order valence-corrected chi connectivity index (χ1v) is 8.65. The van der Waals surface area contributed by atoms with Crippen LogP contribution in [-0.2, 0) is 14.3 Å². The minimum Gasteiger partial charge on any atom is -0.449 e. The number of urea groups is 1. The predicted octanol–water partition coefficient (Wildman–Crippen LogP) is 3.88. The number of esters is 1. The van der Waals surface area contributed by atoms with E-state index in [0.717, 1.165) is 6.08 Å². The zero-order valence-electron chi connectivity index (χ0n) is 14.2. The molecule has 0 aliphatic rings. The third-order valence-corrected chi connectivity index (χ3v) is 3.78. The third-order valence-electron chi connectivity index (χ3n) is 3.29. The third kappa shape index (κ3) is 6.67. The lowest BCUT2D eigenvalue weighted by Gasteiger charge is -2.12. The maximum atomic E-state index is 13.6. The molecule has 3 amide bonds. The van der Waals surface area contributed by atoms with Crippen LogP contribution in [0.3, 0.4) is 0 Å². The van der Waals surface area contributed by atoms with Crippen LogP contribution in [0.4, 0.5) is 14.9 Å². The lowest BCUT2D eigenvalue weighted by atomic mass is 10.2. The van der Waals surface area contributed by atoms with E-state index in [-0.39, 0.29) is 5.56 Å². The summed E-state index contributed by atoms with van der Waals surface area (Å²) in [5, 5.41) is 4.54. The average molecular weight is 435 g/mol. The Kier molecular flexibility index (Phi) is 7.25. The van der Waals surface area contributed by atoms with Gasteiger partial charge < -0.3 is 10.1 Å². The number of nitrogens with one attached hydrogen (secondary N) is 2. The van der Waals surface area contributed by atoms with Crippen molar-refractivity contribution in [2.75, 3.05) is 5.32 Å². The highest BCUT2D eigenvalue weighted by atomic mass is 79.9. The van der Waals surface area contributed by atoms with Gasteiger partial charge in [0.25, 0.3) is 5.91 Å². The lowest BCUT2D eigenvalue weighted by Crippen LogP contribution is -2.41. The number of ether oxygens (including phenoxy) is 1. The molecule has 1 atom stereocenters. The minimum absolute atomic E-state index is 0.181. The van der Waals surface area contributed by atoms with Gasteiger partial charge >= 0.3 is 12.0 Å². The Labute approximate surface area is 163 Å². The summed E-state index contributed by atoms with van der Waals surface area (Å²) in [4.78, 5) is 35.4. The number of hydrogen-bond donors (Lipinski definition) is 2. The van der Waals surface area contributed by atoms with Crippen LogP contribution < -0.4 is 10.6 Å². The summed E-state index contributed by atoms with van der Waals surface area (Å²) in [6.07, 6.45) is 1.02. The van der Waals surface area contributed by atoms with E-state index >= 15 is 0 Å². The maximum absolute atomic E-state index is 13.6. The van der Waals surface area contributed by atoms with Crippen LogP contribution in [0.25, 0.3) is 6.08 Å². The molecule has 0 aliphatic heterocycles. The van der Waals surface area contributed by atoms with Crippen molar-refractivity contribution in [2.45, 2.75) is 13.0 Å². The molecule has 0 aromatic heterocycles. The number of rotatable bonds is 5. The number of imide groups is 1. The van der Waals surface area contributed by atoms with Gasteiger partial charge in [-0.25, -0.2) is 14.0 Å². The Morgan fingerprint density at radius 3 is 2.56 bits per heavy atom. The highest BCUT2D eigenvalue weighted by Crippen LogP contribution is 2.16. The highest BCUT2D eigenvalue weighted by molar-refractivity contribution is 9.10. The van der Waals surface area contributed by atoms with Gasteiger partial charge in [-0.3, -0.25) is 10.1 Å². The van der Waals surface area contributed by atoms with Crippen LogP contribution in [0.5, 0.6) is 0 Å². The summed E-state index contributed by atoms with van der Waals surface area (Å²) in [7, 11) is 0. The summed E-state index contributed by atoms with van der Waals surface area (Å²) in [6.45, 7) is 1.32. The van der Waals surface area contributed by atoms with E-state index in [2.05, 4.69) is 26.6 Å². The average Bonchev–Trinajstić information content (AvgIpc) is 2.63. The quantitative estimate of drug-likeness (QED) is 0.552. The van der Waals surface area contributed by atoms with Gasteiger partial charge in [-0.1, -0.05) is 34.1 Å². The first-order chi connectivity index (χ1) is 12.8. The van der Waals surface area contributed by atoms with E-state index in [1.165, 1.54) is 31.2 Å². The van der Waals surface area contributed by atoms with E-state index in [9.17, 15) is 18.8 Å². The second-order valence-electron chi connectivity index (χ2n) is 5.39. The van der Waals surface area contributed by atoms with Crippen molar-refractivity contribution in [3.05, 3.63) is 70.5 Å². The molecule has 0 aliphatic carbocycles. The van der Waals surface area contributed by atoms with Gasteiger partial charge in [-0.15, -0.1) is 0 Å². The van der Waals surface area contributed by atoms with Crippen LogP contribution in [-0.4, -0.2) is 24.0 Å². The van der Waals surface area contributed by atoms with E-state index < -0.39 is 29.8 Å². The zero-order valence-corrected chi connectivity index (χ0v) is 15.8. The van der Waals surface area contributed by atoms with Crippen molar-refractivity contribution in [1.82, 2.24) is 5.32 Å². The molecule has 0 radical (unpaired) electrons. The second kappa shape index (κ2) is 9.63. The first-order valence-electron chi connectivity index (χ1n) is 7.86. The largest absolute Gasteiger partial charge is 0.449 e. The SMILES string of the molecule is CC(OC(=O)/C=C/c1cc(Br)ccc1F)C(=O)NC(=O)Nc1ccccc1. The van der Waals surface area contributed by atoms with Crippen molar-refractivity contribution < 1.29 is 23.5 Å². The Balaban J connectivity index is 1.86. The lowest BCUT2D eigenvalue weighted by molar-refractivity contribution is -0.149. The van der Waals surface area contributed by atoms with E-state index in [4.69, 9.17) is 4.74 Å². The minimum atomic E-state index is -1.21. The van der Waals surface area contributed by atoms with Crippen LogP contribution in [0.2, 0.25) is 0 Å². The number of hydrogen-bond acceptors (Lipinski definition) is 4. The Hall–Kier alpha value is -3.00. The molecule has 8 heteroatoms. The number of amides is 3. The Bertz CT molecular complexity index is 871. The Morgan fingerprint density at radius 2 is 1.85 bits per heavy atom. The number of carbonyl (C=O) groups is 3. The molecule has 0 heterocycles. The van der Waals surface area contributed by atoms with Gasteiger partial charge in [0.2, 0.25) is 0 Å². The fourth-order valence-corrected chi connectivity index (χ4v) is 2.34. The molecule has 2 rings (SSSR count). The van der Waals surface area contributed by atoms with E-state index in [0.29, 0.717) is 10.2 Å². The van der Waals surface area contributed by atoms with Crippen molar-refractivity contribution >= 4 is 45.6 Å². The highest BCUT2D eigenvalue weighted by Gasteiger charge is 2.19. The van der Waals surface area contributed by atoms with E-state index in [1.807, 2.05) is 0 Å². The van der Waals surface area contributed by atoms with Crippen molar-refractivity contribution in [1.29, 1.82) is 0 Å². The maximum Gasteiger partial charge on any atom is 0.331 e. The number of halogens is 2. The van der Waals surface area contributed by atoms with Gasteiger partial charge in [0.15, 0.2) is 6.10 Å².